The van der Waals surface area contributed by atoms with Gasteiger partial charge in [0.25, 0.3) is 5.69 Å². The van der Waals surface area contributed by atoms with Crippen LogP contribution in [0, 0.1) is 24.0 Å². The van der Waals surface area contributed by atoms with Gasteiger partial charge in [-0.1, -0.05) is 28.1 Å². The zero-order valence-electron chi connectivity index (χ0n) is 10.6. The highest BCUT2D eigenvalue weighted by atomic mass is 79.9. The van der Waals surface area contributed by atoms with E-state index in [0.29, 0.717) is 5.69 Å². The van der Waals surface area contributed by atoms with Gasteiger partial charge in [0, 0.05) is 16.2 Å². The molecule has 2 aromatic rings. The summed E-state index contributed by atoms with van der Waals surface area (Å²) in [5, 5.41) is 14.1. The zero-order chi connectivity index (χ0) is 14.0. The summed E-state index contributed by atoms with van der Waals surface area (Å²) in [6, 6.07) is 10.6. The summed E-state index contributed by atoms with van der Waals surface area (Å²) >= 11 is 3.43. The minimum Gasteiger partial charge on any atom is -0.349 e. The number of nitrogens with zero attached hydrogens (tertiary/aromatic N) is 1. The van der Waals surface area contributed by atoms with Gasteiger partial charge >= 0.3 is 0 Å². The van der Waals surface area contributed by atoms with Gasteiger partial charge in [0.2, 0.25) is 0 Å². The average molecular weight is 321 g/mol. The third-order valence-electron chi connectivity index (χ3n) is 2.86. The molecular formula is C14H13BrN2O2. The molecule has 4 nitrogen and oxygen atoms in total. The highest BCUT2D eigenvalue weighted by molar-refractivity contribution is 9.10. The minimum absolute atomic E-state index is 0.0734. The molecular weight excluding hydrogens is 308 g/mol. The first kappa shape index (κ1) is 13.5. The quantitative estimate of drug-likeness (QED) is 0.657. The molecule has 2 rings (SSSR count). The SMILES string of the molecule is Cc1cc(Br)cc(C)c1Nc1ccccc1[N+](=O)[O-]. The molecule has 0 saturated carbocycles. The Kier molecular flexibility index (Phi) is 3.85. The summed E-state index contributed by atoms with van der Waals surface area (Å²) in [7, 11) is 0. The van der Waals surface area contributed by atoms with Crippen molar-refractivity contribution >= 4 is 33.0 Å². The molecule has 0 atom stereocenters. The fourth-order valence-corrected chi connectivity index (χ4v) is 2.67. The van der Waals surface area contributed by atoms with Gasteiger partial charge < -0.3 is 5.32 Å². The summed E-state index contributed by atoms with van der Waals surface area (Å²) in [5.74, 6) is 0. The Bertz CT molecular complexity index is 618. The molecule has 0 aliphatic heterocycles. The van der Waals surface area contributed by atoms with Crippen LogP contribution in [0.1, 0.15) is 11.1 Å². The number of nitrogens with one attached hydrogen (secondary N) is 1. The second kappa shape index (κ2) is 5.40. The van der Waals surface area contributed by atoms with Crippen molar-refractivity contribution in [1.29, 1.82) is 0 Å². The number of hydrogen-bond donors (Lipinski definition) is 1. The van der Waals surface area contributed by atoms with Crippen molar-refractivity contribution in [3.05, 3.63) is 62.1 Å². The zero-order valence-corrected chi connectivity index (χ0v) is 12.2. The summed E-state index contributed by atoms with van der Waals surface area (Å²) in [6.45, 7) is 3.93. The van der Waals surface area contributed by atoms with Crippen LogP contribution in [0.15, 0.2) is 40.9 Å². The Balaban J connectivity index is 2.45. The van der Waals surface area contributed by atoms with E-state index in [1.54, 1.807) is 18.2 Å². The van der Waals surface area contributed by atoms with Crippen LogP contribution in [0.4, 0.5) is 17.1 Å². The van der Waals surface area contributed by atoms with Crippen molar-refractivity contribution in [2.45, 2.75) is 13.8 Å². The monoisotopic (exact) mass is 320 g/mol. The maximum atomic E-state index is 11.0. The van der Waals surface area contributed by atoms with Gasteiger partial charge in [-0.25, -0.2) is 0 Å². The van der Waals surface area contributed by atoms with Gasteiger partial charge in [-0.05, 0) is 43.2 Å². The van der Waals surface area contributed by atoms with E-state index in [1.807, 2.05) is 26.0 Å². The third kappa shape index (κ3) is 2.93. The molecule has 0 bridgehead atoms. The number of aryl methyl sites for hydroxylation is 2. The summed E-state index contributed by atoms with van der Waals surface area (Å²) in [6.07, 6.45) is 0. The van der Waals surface area contributed by atoms with E-state index in [4.69, 9.17) is 0 Å². The molecule has 0 aliphatic rings. The van der Waals surface area contributed by atoms with Gasteiger partial charge in [-0.2, -0.15) is 0 Å². The van der Waals surface area contributed by atoms with Crippen LogP contribution < -0.4 is 5.32 Å². The van der Waals surface area contributed by atoms with Crippen molar-refractivity contribution < 1.29 is 4.92 Å². The third-order valence-corrected chi connectivity index (χ3v) is 3.32. The van der Waals surface area contributed by atoms with Gasteiger partial charge in [-0.3, -0.25) is 10.1 Å². The smallest absolute Gasteiger partial charge is 0.292 e. The van der Waals surface area contributed by atoms with Crippen LogP contribution in [0.2, 0.25) is 0 Å². The minimum atomic E-state index is -0.383. The van der Waals surface area contributed by atoms with Crippen molar-refractivity contribution in [3.8, 4) is 0 Å². The van der Waals surface area contributed by atoms with Crippen LogP contribution in [0.3, 0.4) is 0 Å². The molecule has 0 fully saturated rings. The highest BCUT2D eigenvalue weighted by Gasteiger charge is 2.14. The van der Waals surface area contributed by atoms with E-state index in [0.717, 1.165) is 21.3 Å². The lowest BCUT2D eigenvalue weighted by Crippen LogP contribution is -2.00. The Morgan fingerprint density at radius 3 is 2.32 bits per heavy atom. The van der Waals surface area contributed by atoms with Crippen LogP contribution in [-0.2, 0) is 0 Å². The lowest BCUT2D eigenvalue weighted by Gasteiger charge is -2.13. The Labute approximate surface area is 119 Å². The average Bonchev–Trinajstić information content (AvgIpc) is 2.34. The van der Waals surface area contributed by atoms with Gasteiger partial charge in [0.15, 0.2) is 0 Å². The second-order valence-electron chi connectivity index (χ2n) is 4.31. The Morgan fingerprint density at radius 2 is 1.74 bits per heavy atom. The lowest BCUT2D eigenvalue weighted by atomic mass is 10.1. The van der Waals surface area contributed by atoms with E-state index in [2.05, 4.69) is 21.2 Å². The number of anilines is 2. The van der Waals surface area contributed by atoms with E-state index in [9.17, 15) is 10.1 Å². The van der Waals surface area contributed by atoms with E-state index < -0.39 is 0 Å². The predicted octanol–water partition coefficient (Wildman–Crippen LogP) is 4.72. The van der Waals surface area contributed by atoms with E-state index >= 15 is 0 Å². The Morgan fingerprint density at radius 1 is 1.16 bits per heavy atom. The molecule has 19 heavy (non-hydrogen) atoms. The number of nitro groups is 1. The van der Waals surface area contributed by atoms with Gasteiger partial charge in [0.05, 0.1) is 4.92 Å². The lowest BCUT2D eigenvalue weighted by molar-refractivity contribution is -0.383. The molecule has 0 heterocycles. The van der Waals surface area contributed by atoms with Crippen LogP contribution >= 0.6 is 15.9 Å². The topological polar surface area (TPSA) is 55.2 Å². The van der Waals surface area contributed by atoms with E-state index in [-0.39, 0.29) is 10.6 Å². The fraction of sp³-hybridized carbons (Fsp3) is 0.143. The van der Waals surface area contributed by atoms with Crippen molar-refractivity contribution in [1.82, 2.24) is 0 Å². The molecule has 0 radical (unpaired) electrons. The second-order valence-corrected chi connectivity index (χ2v) is 5.23. The number of nitro benzene ring substituents is 1. The number of hydrogen-bond acceptors (Lipinski definition) is 3. The van der Waals surface area contributed by atoms with Crippen LogP contribution in [-0.4, -0.2) is 4.92 Å². The van der Waals surface area contributed by atoms with Gasteiger partial charge in [0.1, 0.15) is 5.69 Å². The largest absolute Gasteiger partial charge is 0.349 e. The maximum absolute atomic E-state index is 11.0. The summed E-state index contributed by atoms with van der Waals surface area (Å²) < 4.78 is 0.996. The summed E-state index contributed by atoms with van der Waals surface area (Å²) in [5.41, 5.74) is 3.54. The number of para-hydroxylation sites is 2. The molecule has 0 amide bonds. The predicted molar refractivity (Wildman–Crippen MR) is 80.0 cm³/mol. The Hall–Kier alpha value is -1.88. The first-order chi connectivity index (χ1) is 8.99. The molecule has 0 saturated heterocycles. The molecule has 98 valence electrons. The molecule has 0 aliphatic carbocycles. The first-order valence-electron chi connectivity index (χ1n) is 5.76. The molecule has 1 N–H and O–H groups in total. The molecule has 0 spiro atoms. The summed E-state index contributed by atoms with van der Waals surface area (Å²) in [4.78, 5) is 10.6. The standard InChI is InChI=1S/C14H13BrN2O2/c1-9-7-11(15)8-10(2)14(9)16-12-5-3-4-6-13(12)17(18)19/h3-8,16H,1-2H3. The van der Waals surface area contributed by atoms with Gasteiger partial charge in [-0.15, -0.1) is 0 Å². The number of halogens is 1. The maximum Gasteiger partial charge on any atom is 0.292 e. The molecule has 2 aromatic carbocycles. The van der Waals surface area contributed by atoms with Crippen molar-refractivity contribution in [2.75, 3.05) is 5.32 Å². The molecule has 0 aromatic heterocycles. The number of benzene rings is 2. The van der Waals surface area contributed by atoms with Crippen molar-refractivity contribution in [3.63, 3.8) is 0 Å². The van der Waals surface area contributed by atoms with Crippen molar-refractivity contribution in [2.24, 2.45) is 0 Å². The molecule has 5 heteroatoms. The molecule has 0 unspecified atom stereocenters. The normalized spacial score (nSPS) is 10.3. The van der Waals surface area contributed by atoms with Crippen LogP contribution in [0.5, 0.6) is 0 Å². The number of rotatable bonds is 3. The fourth-order valence-electron chi connectivity index (χ4n) is 1.98. The first-order valence-corrected chi connectivity index (χ1v) is 6.55. The van der Waals surface area contributed by atoms with E-state index in [1.165, 1.54) is 6.07 Å². The highest BCUT2D eigenvalue weighted by Crippen LogP contribution is 2.32. The van der Waals surface area contributed by atoms with Crippen LogP contribution in [0.25, 0.3) is 0 Å².